The largest absolute Gasteiger partial charge is 0.369 e. The SMILES string of the molecule is C[C@H]1CNc2c3ccccc3nc(=O)n21. The zero-order valence-corrected chi connectivity index (χ0v) is 8.40. The molecule has 1 aliphatic heterocycles. The first-order chi connectivity index (χ1) is 7.27. The van der Waals surface area contributed by atoms with Crippen LogP contribution in [0.4, 0.5) is 5.82 Å². The van der Waals surface area contributed by atoms with Crippen molar-refractivity contribution in [1.29, 1.82) is 0 Å². The van der Waals surface area contributed by atoms with Crippen LogP contribution in [0.15, 0.2) is 29.1 Å². The van der Waals surface area contributed by atoms with Crippen molar-refractivity contribution in [3.63, 3.8) is 0 Å². The summed E-state index contributed by atoms with van der Waals surface area (Å²) in [6.45, 7) is 2.81. The second kappa shape index (κ2) is 2.82. The molecule has 0 unspecified atom stereocenters. The second-order valence-electron chi connectivity index (χ2n) is 3.86. The molecule has 3 rings (SSSR count). The van der Waals surface area contributed by atoms with Crippen LogP contribution < -0.4 is 11.0 Å². The maximum atomic E-state index is 11.7. The number of hydrogen-bond acceptors (Lipinski definition) is 3. The predicted octanol–water partition coefficient (Wildman–Crippen LogP) is 1.38. The number of aromatic nitrogens is 2. The summed E-state index contributed by atoms with van der Waals surface area (Å²) in [6, 6.07) is 7.88. The number of hydrogen-bond donors (Lipinski definition) is 1. The van der Waals surface area contributed by atoms with E-state index in [0.29, 0.717) is 0 Å². The molecule has 0 saturated carbocycles. The van der Waals surface area contributed by atoms with E-state index in [0.717, 1.165) is 23.3 Å². The maximum Gasteiger partial charge on any atom is 0.350 e. The Morgan fingerprint density at radius 3 is 3.13 bits per heavy atom. The van der Waals surface area contributed by atoms with Gasteiger partial charge in [-0.1, -0.05) is 12.1 Å². The number of fused-ring (bicyclic) bond motifs is 3. The Labute approximate surface area is 86.6 Å². The molecule has 15 heavy (non-hydrogen) atoms. The van der Waals surface area contributed by atoms with Crippen LogP contribution in [0.3, 0.4) is 0 Å². The van der Waals surface area contributed by atoms with E-state index in [2.05, 4.69) is 10.3 Å². The van der Waals surface area contributed by atoms with Crippen LogP contribution in [0.5, 0.6) is 0 Å². The number of nitrogens with one attached hydrogen (secondary N) is 1. The molecule has 1 atom stereocenters. The summed E-state index contributed by atoms with van der Waals surface area (Å²) in [7, 11) is 0. The average molecular weight is 201 g/mol. The first-order valence-electron chi connectivity index (χ1n) is 5.02. The smallest absolute Gasteiger partial charge is 0.350 e. The van der Waals surface area contributed by atoms with Gasteiger partial charge in [0.2, 0.25) is 0 Å². The van der Waals surface area contributed by atoms with Crippen molar-refractivity contribution in [2.24, 2.45) is 0 Å². The molecule has 0 fully saturated rings. The lowest BCUT2D eigenvalue weighted by Crippen LogP contribution is -2.23. The van der Waals surface area contributed by atoms with Crippen LogP contribution >= 0.6 is 0 Å². The molecule has 2 heterocycles. The molecule has 1 aromatic carbocycles. The van der Waals surface area contributed by atoms with Crippen LogP contribution in [0, 0.1) is 0 Å². The Morgan fingerprint density at radius 1 is 1.47 bits per heavy atom. The van der Waals surface area contributed by atoms with Gasteiger partial charge in [-0.15, -0.1) is 0 Å². The molecule has 0 amide bonds. The number of anilines is 1. The highest BCUT2D eigenvalue weighted by Gasteiger charge is 2.21. The third-order valence-electron chi connectivity index (χ3n) is 2.83. The van der Waals surface area contributed by atoms with Gasteiger partial charge in [0.05, 0.1) is 11.6 Å². The Bertz CT molecular complexity index is 588. The molecule has 1 aliphatic rings. The van der Waals surface area contributed by atoms with Crippen LogP contribution in [0.25, 0.3) is 10.9 Å². The van der Waals surface area contributed by atoms with E-state index in [1.165, 1.54) is 0 Å². The fraction of sp³-hybridized carbons (Fsp3) is 0.273. The minimum absolute atomic E-state index is 0.166. The molecular weight excluding hydrogens is 190 g/mol. The van der Waals surface area contributed by atoms with Gasteiger partial charge in [0.15, 0.2) is 0 Å². The molecule has 4 nitrogen and oxygen atoms in total. The zero-order chi connectivity index (χ0) is 10.4. The number of rotatable bonds is 0. The van der Waals surface area contributed by atoms with Gasteiger partial charge >= 0.3 is 5.69 Å². The third-order valence-corrected chi connectivity index (χ3v) is 2.83. The van der Waals surface area contributed by atoms with Crippen LogP contribution in [-0.4, -0.2) is 16.1 Å². The van der Waals surface area contributed by atoms with Crippen molar-refractivity contribution in [1.82, 2.24) is 9.55 Å². The molecular formula is C11H11N3O. The lowest BCUT2D eigenvalue weighted by molar-refractivity contribution is 0.599. The van der Waals surface area contributed by atoms with E-state index in [4.69, 9.17) is 0 Å². The summed E-state index contributed by atoms with van der Waals surface area (Å²) in [4.78, 5) is 15.8. The third kappa shape index (κ3) is 1.08. The standard InChI is InChI=1S/C11H11N3O/c1-7-6-12-10-8-4-2-3-5-9(8)13-11(15)14(7)10/h2-5,7,12H,6H2,1H3/t7-/m0/s1. The molecule has 0 spiro atoms. The fourth-order valence-corrected chi connectivity index (χ4v) is 2.08. The van der Waals surface area contributed by atoms with E-state index < -0.39 is 0 Å². The lowest BCUT2D eigenvalue weighted by atomic mass is 10.2. The van der Waals surface area contributed by atoms with Crippen molar-refractivity contribution >= 4 is 16.7 Å². The quantitative estimate of drug-likeness (QED) is 0.700. The number of benzene rings is 1. The Morgan fingerprint density at radius 2 is 2.27 bits per heavy atom. The summed E-state index contributed by atoms with van der Waals surface area (Å²) in [6.07, 6.45) is 0. The zero-order valence-electron chi connectivity index (χ0n) is 8.40. The summed E-state index contributed by atoms with van der Waals surface area (Å²) in [5, 5.41) is 4.27. The first-order valence-corrected chi connectivity index (χ1v) is 5.02. The minimum Gasteiger partial charge on any atom is -0.369 e. The molecule has 0 aliphatic carbocycles. The van der Waals surface area contributed by atoms with Gasteiger partial charge in [-0.25, -0.2) is 4.79 Å². The molecule has 0 saturated heterocycles. The minimum atomic E-state index is -0.166. The summed E-state index contributed by atoms with van der Waals surface area (Å²) < 4.78 is 1.72. The van der Waals surface area contributed by atoms with Gasteiger partial charge < -0.3 is 5.32 Å². The molecule has 4 heteroatoms. The molecule has 0 bridgehead atoms. The highest BCUT2D eigenvalue weighted by atomic mass is 16.1. The summed E-state index contributed by atoms with van der Waals surface area (Å²) in [5.74, 6) is 0.901. The fourth-order valence-electron chi connectivity index (χ4n) is 2.08. The van der Waals surface area contributed by atoms with Crippen molar-refractivity contribution in [2.45, 2.75) is 13.0 Å². The molecule has 76 valence electrons. The van der Waals surface area contributed by atoms with Gasteiger partial charge in [-0.3, -0.25) is 4.57 Å². The van der Waals surface area contributed by atoms with Crippen molar-refractivity contribution in [2.75, 3.05) is 11.9 Å². The molecule has 1 N–H and O–H groups in total. The predicted molar refractivity (Wildman–Crippen MR) is 59.2 cm³/mol. The van der Waals surface area contributed by atoms with E-state index in [1.807, 2.05) is 31.2 Å². The topological polar surface area (TPSA) is 46.9 Å². The Balaban J connectivity index is 2.49. The van der Waals surface area contributed by atoms with Gasteiger partial charge in [-0.05, 0) is 19.1 Å². The monoisotopic (exact) mass is 201 g/mol. The number of para-hydroxylation sites is 1. The van der Waals surface area contributed by atoms with Gasteiger partial charge in [-0.2, -0.15) is 4.98 Å². The maximum absolute atomic E-state index is 11.7. The van der Waals surface area contributed by atoms with Crippen LogP contribution in [-0.2, 0) is 0 Å². The Hall–Kier alpha value is -1.84. The van der Waals surface area contributed by atoms with Crippen LogP contribution in [0.1, 0.15) is 13.0 Å². The van der Waals surface area contributed by atoms with Crippen molar-refractivity contribution in [3.8, 4) is 0 Å². The van der Waals surface area contributed by atoms with Gasteiger partial charge in [0.25, 0.3) is 0 Å². The highest BCUT2D eigenvalue weighted by Crippen LogP contribution is 2.26. The molecule has 1 aromatic heterocycles. The first kappa shape index (κ1) is 8.47. The molecule has 0 radical (unpaired) electrons. The normalized spacial score (nSPS) is 18.9. The Kier molecular flexibility index (Phi) is 1.59. The number of nitrogens with zero attached hydrogens (tertiary/aromatic N) is 2. The average Bonchev–Trinajstić information content (AvgIpc) is 2.62. The van der Waals surface area contributed by atoms with Gasteiger partial charge in [0.1, 0.15) is 5.82 Å². The van der Waals surface area contributed by atoms with Crippen LogP contribution in [0.2, 0.25) is 0 Å². The van der Waals surface area contributed by atoms with E-state index in [1.54, 1.807) is 4.57 Å². The van der Waals surface area contributed by atoms with E-state index in [-0.39, 0.29) is 11.7 Å². The van der Waals surface area contributed by atoms with Crippen molar-refractivity contribution in [3.05, 3.63) is 34.7 Å². The highest BCUT2D eigenvalue weighted by molar-refractivity contribution is 5.89. The second-order valence-corrected chi connectivity index (χ2v) is 3.86. The van der Waals surface area contributed by atoms with Crippen molar-refractivity contribution < 1.29 is 0 Å². The lowest BCUT2D eigenvalue weighted by Gasteiger charge is -2.07. The van der Waals surface area contributed by atoms with E-state index in [9.17, 15) is 4.79 Å². The van der Waals surface area contributed by atoms with Gasteiger partial charge in [0, 0.05) is 11.9 Å². The molecule has 2 aromatic rings. The summed E-state index contributed by atoms with van der Waals surface area (Å²) >= 11 is 0. The van der Waals surface area contributed by atoms with E-state index >= 15 is 0 Å². The summed E-state index contributed by atoms with van der Waals surface area (Å²) in [5.41, 5.74) is 0.594.